The Bertz CT molecular complexity index is 1130. The number of halogens is 1. The number of para-hydroxylation sites is 1. The molecule has 0 aliphatic heterocycles. The minimum Gasteiger partial charge on any atom is -0.494 e. The Balaban J connectivity index is 1.70. The summed E-state index contributed by atoms with van der Waals surface area (Å²) in [6.07, 6.45) is -0.821. The number of carbonyl (C=O) groups excluding carboxylic acids is 1. The first kappa shape index (κ1) is 22.4. The Morgan fingerprint density at radius 3 is 2.74 bits per heavy atom. The number of rotatable bonds is 8. The van der Waals surface area contributed by atoms with Crippen LogP contribution in [-0.2, 0) is 11.3 Å². The van der Waals surface area contributed by atoms with Crippen LogP contribution in [0.5, 0.6) is 11.6 Å². The molecule has 1 heterocycles. The van der Waals surface area contributed by atoms with Gasteiger partial charge in [-0.3, -0.25) is 9.59 Å². The lowest BCUT2D eigenvalue weighted by Gasteiger charge is -2.16. The van der Waals surface area contributed by atoms with E-state index in [1.54, 1.807) is 25.1 Å². The van der Waals surface area contributed by atoms with E-state index in [0.29, 0.717) is 23.9 Å². The molecule has 31 heavy (non-hydrogen) atoms. The molecule has 0 fully saturated rings. The van der Waals surface area contributed by atoms with E-state index < -0.39 is 6.10 Å². The van der Waals surface area contributed by atoms with Crippen LogP contribution in [0.3, 0.4) is 0 Å². The van der Waals surface area contributed by atoms with Gasteiger partial charge in [0, 0.05) is 29.3 Å². The van der Waals surface area contributed by atoms with Crippen molar-refractivity contribution in [1.82, 2.24) is 15.1 Å². The number of carbonyl (C=O) groups is 1. The first-order valence-corrected chi connectivity index (χ1v) is 10.3. The van der Waals surface area contributed by atoms with Gasteiger partial charge in [0.15, 0.2) is 6.10 Å². The highest BCUT2D eigenvalue weighted by Gasteiger charge is 2.17. The van der Waals surface area contributed by atoms with Crippen LogP contribution in [-0.4, -0.2) is 28.4 Å². The number of aryl methyl sites for hydroxylation is 1. The molecule has 1 N–H and O–H groups in total. The van der Waals surface area contributed by atoms with E-state index in [-0.39, 0.29) is 17.3 Å². The summed E-state index contributed by atoms with van der Waals surface area (Å²) in [6.45, 7) is 6.22. The quantitative estimate of drug-likeness (QED) is 0.576. The number of benzene rings is 2. The SMILES string of the molecule is CCOc1ccccc1CNC(=O)[C@@H](C)Oc1ccc(=O)n(-c2cc(Cl)ccc2C)n1. The number of nitrogens with one attached hydrogen (secondary N) is 1. The predicted molar refractivity (Wildman–Crippen MR) is 119 cm³/mol. The van der Waals surface area contributed by atoms with Crippen molar-refractivity contribution in [1.29, 1.82) is 0 Å². The molecule has 3 rings (SSSR count). The van der Waals surface area contributed by atoms with Gasteiger partial charge in [-0.1, -0.05) is 35.9 Å². The van der Waals surface area contributed by atoms with Crippen LogP contribution in [0.15, 0.2) is 59.4 Å². The van der Waals surface area contributed by atoms with Crippen molar-refractivity contribution in [3.05, 3.63) is 81.1 Å². The van der Waals surface area contributed by atoms with Gasteiger partial charge < -0.3 is 14.8 Å². The highest BCUT2D eigenvalue weighted by atomic mass is 35.5. The van der Waals surface area contributed by atoms with Crippen LogP contribution in [0.4, 0.5) is 0 Å². The van der Waals surface area contributed by atoms with E-state index in [1.165, 1.54) is 16.8 Å². The van der Waals surface area contributed by atoms with Crippen molar-refractivity contribution in [2.75, 3.05) is 6.61 Å². The minimum absolute atomic E-state index is 0.149. The number of aromatic nitrogens is 2. The summed E-state index contributed by atoms with van der Waals surface area (Å²) in [6, 6.07) is 15.5. The molecular formula is C23H24ClN3O4. The molecule has 1 amide bonds. The number of hydrogen-bond donors (Lipinski definition) is 1. The van der Waals surface area contributed by atoms with Crippen LogP contribution < -0.4 is 20.3 Å². The van der Waals surface area contributed by atoms with Gasteiger partial charge in [-0.15, -0.1) is 5.10 Å². The molecular weight excluding hydrogens is 418 g/mol. The zero-order chi connectivity index (χ0) is 22.4. The van der Waals surface area contributed by atoms with Gasteiger partial charge >= 0.3 is 0 Å². The highest BCUT2D eigenvalue weighted by Crippen LogP contribution is 2.19. The van der Waals surface area contributed by atoms with Crippen LogP contribution >= 0.6 is 11.6 Å². The highest BCUT2D eigenvalue weighted by molar-refractivity contribution is 6.30. The second kappa shape index (κ2) is 10.1. The summed E-state index contributed by atoms with van der Waals surface area (Å²) in [4.78, 5) is 24.8. The predicted octanol–water partition coefficient (Wildman–Crippen LogP) is 3.68. The number of nitrogens with zero attached hydrogens (tertiary/aromatic N) is 2. The maximum Gasteiger partial charge on any atom is 0.271 e. The zero-order valence-corrected chi connectivity index (χ0v) is 18.3. The summed E-state index contributed by atoms with van der Waals surface area (Å²) < 4.78 is 12.5. The molecule has 0 aliphatic carbocycles. The van der Waals surface area contributed by atoms with Gasteiger partial charge in [0.05, 0.1) is 12.3 Å². The zero-order valence-electron chi connectivity index (χ0n) is 17.6. The standard InChI is InChI=1S/C23H24ClN3O4/c1-4-30-20-8-6-5-7-17(20)14-25-23(29)16(3)31-21-11-12-22(28)27(26-21)19-13-18(24)10-9-15(19)2/h5-13,16H,4,14H2,1-3H3,(H,25,29)/t16-/m1/s1. The van der Waals surface area contributed by atoms with Crippen molar-refractivity contribution in [3.63, 3.8) is 0 Å². The van der Waals surface area contributed by atoms with Gasteiger partial charge in [-0.05, 0) is 44.5 Å². The smallest absolute Gasteiger partial charge is 0.271 e. The average molecular weight is 442 g/mol. The van der Waals surface area contributed by atoms with Gasteiger partial charge in [0.1, 0.15) is 5.75 Å². The molecule has 1 aromatic heterocycles. The van der Waals surface area contributed by atoms with Crippen LogP contribution in [0.2, 0.25) is 5.02 Å². The van der Waals surface area contributed by atoms with Gasteiger partial charge in [-0.25, -0.2) is 0 Å². The second-order valence-corrected chi connectivity index (χ2v) is 7.31. The fraction of sp³-hybridized carbons (Fsp3) is 0.261. The summed E-state index contributed by atoms with van der Waals surface area (Å²) in [5.74, 6) is 0.561. The maximum absolute atomic E-state index is 12.5. The summed E-state index contributed by atoms with van der Waals surface area (Å²) >= 11 is 6.06. The van der Waals surface area contributed by atoms with Crippen molar-refractivity contribution in [2.24, 2.45) is 0 Å². The molecule has 8 heteroatoms. The van der Waals surface area contributed by atoms with Crippen molar-refractivity contribution < 1.29 is 14.3 Å². The summed E-state index contributed by atoms with van der Waals surface area (Å²) in [5, 5.41) is 7.57. The van der Waals surface area contributed by atoms with E-state index in [4.69, 9.17) is 21.1 Å². The number of hydrogen-bond acceptors (Lipinski definition) is 5. The van der Waals surface area contributed by atoms with Crippen molar-refractivity contribution in [2.45, 2.75) is 33.4 Å². The number of ether oxygens (including phenoxy) is 2. The molecule has 0 saturated carbocycles. The van der Waals surface area contributed by atoms with Crippen molar-refractivity contribution in [3.8, 4) is 17.3 Å². The van der Waals surface area contributed by atoms with E-state index >= 15 is 0 Å². The Labute approximate surface area is 185 Å². The molecule has 162 valence electrons. The van der Waals surface area contributed by atoms with Crippen LogP contribution in [0, 0.1) is 6.92 Å². The van der Waals surface area contributed by atoms with Gasteiger partial charge in [0.25, 0.3) is 11.5 Å². The monoisotopic (exact) mass is 441 g/mol. The van der Waals surface area contributed by atoms with E-state index in [1.807, 2.05) is 38.1 Å². The van der Waals surface area contributed by atoms with Crippen molar-refractivity contribution >= 4 is 17.5 Å². The molecule has 7 nitrogen and oxygen atoms in total. The third-order valence-electron chi connectivity index (χ3n) is 4.57. The Kier molecular flexibility index (Phi) is 7.31. The lowest BCUT2D eigenvalue weighted by molar-refractivity contribution is -0.127. The Hall–Kier alpha value is -3.32. The van der Waals surface area contributed by atoms with E-state index in [2.05, 4.69) is 10.4 Å². The minimum atomic E-state index is -0.821. The van der Waals surface area contributed by atoms with Crippen LogP contribution in [0.25, 0.3) is 5.69 Å². The Morgan fingerprint density at radius 2 is 1.97 bits per heavy atom. The topological polar surface area (TPSA) is 82.5 Å². The molecule has 0 unspecified atom stereocenters. The third kappa shape index (κ3) is 5.64. The Morgan fingerprint density at radius 1 is 1.19 bits per heavy atom. The molecule has 0 saturated heterocycles. The third-order valence-corrected chi connectivity index (χ3v) is 4.80. The first-order chi connectivity index (χ1) is 14.9. The lowest BCUT2D eigenvalue weighted by Crippen LogP contribution is -2.36. The summed E-state index contributed by atoms with van der Waals surface area (Å²) in [7, 11) is 0. The average Bonchev–Trinajstić information content (AvgIpc) is 2.76. The fourth-order valence-electron chi connectivity index (χ4n) is 2.95. The molecule has 1 atom stereocenters. The molecule has 0 spiro atoms. The maximum atomic E-state index is 12.5. The fourth-order valence-corrected chi connectivity index (χ4v) is 3.11. The van der Waals surface area contributed by atoms with E-state index in [9.17, 15) is 9.59 Å². The normalized spacial score (nSPS) is 11.6. The molecule has 2 aromatic carbocycles. The molecule has 3 aromatic rings. The van der Waals surface area contributed by atoms with Gasteiger partial charge in [0.2, 0.25) is 5.88 Å². The molecule has 0 radical (unpaired) electrons. The van der Waals surface area contributed by atoms with Crippen LogP contribution in [0.1, 0.15) is 25.0 Å². The number of amides is 1. The molecule has 0 aliphatic rings. The first-order valence-electron chi connectivity index (χ1n) is 9.91. The molecule has 0 bridgehead atoms. The largest absolute Gasteiger partial charge is 0.494 e. The summed E-state index contributed by atoms with van der Waals surface area (Å²) in [5.41, 5.74) is 1.91. The lowest BCUT2D eigenvalue weighted by atomic mass is 10.2. The van der Waals surface area contributed by atoms with Gasteiger partial charge in [-0.2, -0.15) is 4.68 Å². The van der Waals surface area contributed by atoms with E-state index in [0.717, 1.165) is 16.9 Å². The second-order valence-electron chi connectivity index (χ2n) is 6.87.